The summed E-state index contributed by atoms with van der Waals surface area (Å²) in [4.78, 5) is 2.18. The second-order valence-corrected chi connectivity index (χ2v) is 5.47. The summed E-state index contributed by atoms with van der Waals surface area (Å²) in [5.74, 6) is 1.00. The number of fused-ring (bicyclic) bond motifs is 1. The van der Waals surface area contributed by atoms with E-state index in [2.05, 4.69) is 43.1 Å². The van der Waals surface area contributed by atoms with Crippen LogP contribution in [0.5, 0.6) is 11.5 Å². The molecule has 0 radical (unpaired) electrons. The minimum atomic E-state index is 0.107. The lowest BCUT2D eigenvalue weighted by Gasteiger charge is -2.34. The normalized spacial score (nSPS) is 17.5. The maximum absolute atomic E-state index is 9.59. The predicted molar refractivity (Wildman–Crippen MR) is 80.7 cm³/mol. The summed E-state index contributed by atoms with van der Waals surface area (Å²) in [7, 11) is 2.06. The van der Waals surface area contributed by atoms with Crippen molar-refractivity contribution in [2.45, 2.75) is 19.4 Å². The molecule has 1 atom stereocenters. The summed E-state index contributed by atoms with van der Waals surface area (Å²) >= 11 is 0. The van der Waals surface area contributed by atoms with Crippen molar-refractivity contribution in [2.24, 2.45) is 0 Å². The van der Waals surface area contributed by atoms with E-state index >= 15 is 0 Å². The van der Waals surface area contributed by atoms with Crippen molar-refractivity contribution in [3.8, 4) is 11.5 Å². The highest BCUT2D eigenvalue weighted by Crippen LogP contribution is 2.35. The van der Waals surface area contributed by atoms with Crippen LogP contribution in [0.25, 0.3) is 0 Å². The van der Waals surface area contributed by atoms with Gasteiger partial charge in [-0.25, -0.2) is 0 Å². The van der Waals surface area contributed by atoms with Gasteiger partial charge in [-0.2, -0.15) is 0 Å². The number of phenolic OH excluding ortho intramolecular Hbond substituents is 1. The first kappa shape index (κ1) is 12.9. The Bertz CT molecular complexity index is 624. The van der Waals surface area contributed by atoms with Gasteiger partial charge < -0.3 is 14.7 Å². The van der Waals surface area contributed by atoms with E-state index in [9.17, 15) is 5.11 Å². The van der Waals surface area contributed by atoms with Crippen molar-refractivity contribution >= 4 is 5.69 Å². The fourth-order valence-corrected chi connectivity index (χ4v) is 2.74. The molecule has 1 N–H and O–H groups in total. The van der Waals surface area contributed by atoms with Gasteiger partial charge in [-0.1, -0.05) is 29.8 Å². The molecule has 0 spiro atoms. The molecule has 0 saturated carbocycles. The quantitative estimate of drug-likeness (QED) is 0.909. The average Bonchev–Trinajstić information content (AvgIpc) is 2.38. The molecule has 1 aliphatic rings. The van der Waals surface area contributed by atoms with Gasteiger partial charge in [-0.3, -0.25) is 0 Å². The zero-order chi connectivity index (χ0) is 14.1. The maximum Gasteiger partial charge on any atom is 0.146 e. The molecular formula is C17H19NO2. The SMILES string of the molecule is Cc1cccc(CC2CN(C)c3ccc(O)cc3O2)c1. The summed E-state index contributed by atoms with van der Waals surface area (Å²) in [6, 6.07) is 13.8. The number of benzene rings is 2. The topological polar surface area (TPSA) is 32.7 Å². The molecule has 3 heteroatoms. The molecule has 0 aromatic heterocycles. The van der Waals surface area contributed by atoms with Crippen molar-refractivity contribution in [2.75, 3.05) is 18.5 Å². The Balaban J connectivity index is 1.80. The zero-order valence-corrected chi connectivity index (χ0v) is 11.8. The molecule has 0 aliphatic carbocycles. The van der Waals surface area contributed by atoms with Crippen molar-refractivity contribution in [3.63, 3.8) is 0 Å². The summed E-state index contributed by atoms with van der Waals surface area (Å²) in [6.07, 6.45) is 0.984. The van der Waals surface area contributed by atoms with Gasteiger partial charge in [0.2, 0.25) is 0 Å². The van der Waals surface area contributed by atoms with E-state index in [0.717, 1.165) is 24.4 Å². The third-order valence-corrected chi connectivity index (χ3v) is 3.67. The Hall–Kier alpha value is -2.16. The lowest BCUT2D eigenvalue weighted by molar-refractivity contribution is 0.195. The van der Waals surface area contributed by atoms with E-state index in [0.29, 0.717) is 0 Å². The second kappa shape index (κ2) is 5.08. The van der Waals surface area contributed by atoms with Crippen molar-refractivity contribution in [1.29, 1.82) is 0 Å². The van der Waals surface area contributed by atoms with E-state index in [1.54, 1.807) is 12.1 Å². The molecule has 1 aliphatic heterocycles. The van der Waals surface area contributed by atoms with Gasteiger partial charge >= 0.3 is 0 Å². The molecule has 1 unspecified atom stereocenters. The molecule has 1 heterocycles. The number of aryl methyl sites for hydroxylation is 1. The highest BCUT2D eigenvalue weighted by atomic mass is 16.5. The van der Waals surface area contributed by atoms with E-state index in [1.807, 2.05) is 6.07 Å². The molecule has 0 fully saturated rings. The van der Waals surface area contributed by atoms with Crippen LogP contribution in [-0.2, 0) is 6.42 Å². The van der Waals surface area contributed by atoms with Crippen LogP contribution < -0.4 is 9.64 Å². The number of hydrogen-bond donors (Lipinski definition) is 1. The molecule has 0 amide bonds. The van der Waals surface area contributed by atoms with Crippen LogP contribution in [0.15, 0.2) is 42.5 Å². The zero-order valence-electron chi connectivity index (χ0n) is 11.8. The highest BCUT2D eigenvalue weighted by Gasteiger charge is 2.23. The third kappa shape index (κ3) is 2.57. The molecule has 3 rings (SSSR count). The summed E-state index contributed by atoms with van der Waals surface area (Å²) < 4.78 is 6.03. The second-order valence-electron chi connectivity index (χ2n) is 5.47. The van der Waals surface area contributed by atoms with E-state index in [4.69, 9.17) is 4.74 Å². The Morgan fingerprint density at radius 2 is 2.10 bits per heavy atom. The number of ether oxygens (including phenoxy) is 1. The molecule has 104 valence electrons. The fraction of sp³-hybridized carbons (Fsp3) is 0.294. The van der Waals surface area contributed by atoms with Crippen molar-refractivity contribution in [3.05, 3.63) is 53.6 Å². The van der Waals surface area contributed by atoms with Gasteiger partial charge in [0.1, 0.15) is 17.6 Å². The Morgan fingerprint density at radius 1 is 1.25 bits per heavy atom. The molecular weight excluding hydrogens is 250 g/mol. The average molecular weight is 269 g/mol. The van der Waals surface area contributed by atoms with Crippen LogP contribution in [0.2, 0.25) is 0 Å². The smallest absolute Gasteiger partial charge is 0.146 e. The van der Waals surface area contributed by atoms with Crippen LogP contribution >= 0.6 is 0 Å². The Morgan fingerprint density at radius 3 is 2.90 bits per heavy atom. The lowest BCUT2D eigenvalue weighted by Crippen LogP contribution is -2.38. The Kier molecular flexibility index (Phi) is 3.26. The van der Waals surface area contributed by atoms with Gasteiger partial charge in [0.05, 0.1) is 12.2 Å². The lowest BCUT2D eigenvalue weighted by atomic mass is 10.0. The van der Waals surface area contributed by atoms with Crippen LogP contribution in [-0.4, -0.2) is 24.8 Å². The van der Waals surface area contributed by atoms with E-state index < -0.39 is 0 Å². The van der Waals surface area contributed by atoms with E-state index in [-0.39, 0.29) is 11.9 Å². The van der Waals surface area contributed by atoms with Crippen LogP contribution in [0.3, 0.4) is 0 Å². The van der Waals surface area contributed by atoms with Crippen LogP contribution in [0.4, 0.5) is 5.69 Å². The standard InChI is InChI=1S/C17H19NO2/c1-12-4-3-5-13(8-12)9-15-11-18(2)16-7-6-14(19)10-17(16)20-15/h3-8,10,15,19H,9,11H2,1-2H3. The van der Waals surface area contributed by atoms with Gasteiger partial charge in [0, 0.05) is 19.5 Å². The monoisotopic (exact) mass is 269 g/mol. The number of rotatable bonds is 2. The van der Waals surface area contributed by atoms with Crippen LogP contribution in [0.1, 0.15) is 11.1 Å². The number of hydrogen-bond acceptors (Lipinski definition) is 3. The minimum absolute atomic E-state index is 0.107. The number of anilines is 1. The van der Waals surface area contributed by atoms with Gasteiger partial charge in [0.15, 0.2) is 0 Å². The van der Waals surface area contributed by atoms with Gasteiger partial charge in [-0.15, -0.1) is 0 Å². The third-order valence-electron chi connectivity index (χ3n) is 3.67. The number of nitrogens with zero attached hydrogens (tertiary/aromatic N) is 1. The van der Waals surface area contributed by atoms with Crippen molar-refractivity contribution in [1.82, 2.24) is 0 Å². The molecule has 2 aromatic carbocycles. The summed E-state index contributed by atoms with van der Waals surface area (Å²) in [5, 5.41) is 9.59. The number of aromatic hydroxyl groups is 1. The van der Waals surface area contributed by atoms with Gasteiger partial charge in [-0.05, 0) is 24.6 Å². The Labute approximate surface area is 119 Å². The minimum Gasteiger partial charge on any atom is -0.508 e. The van der Waals surface area contributed by atoms with E-state index in [1.165, 1.54) is 11.1 Å². The van der Waals surface area contributed by atoms with Gasteiger partial charge in [0.25, 0.3) is 0 Å². The van der Waals surface area contributed by atoms with Crippen molar-refractivity contribution < 1.29 is 9.84 Å². The maximum atomic E-state index is 9.59. The molecule has 0 bridgehead atoms. The van der Waals surface area contributed by atoms with Crippen LogP contribution in [0, 0.1) is 6.92 Å². The molecule has 2 aromatic rings. The predicted octanol–water partition coefficient (Wildman–Crippen LogP) is 3.14. The molecule has 0 saturated heterocycles. The summed E-state index contributed by atoms with van der Waals surface area (Å²) in [6.45, 7) is 2.95. The number of likely N-dealkylation sites (N-methyl/N-ethyl adjacent to an activating group) is 1. The first-order valence-electron chi connectivity index (χ1n) is 6.88. The largest absolute Gasteiger partial charge is 0.508 e. The molecule has 3 nitrogen and oxygen atoms in total. The fourth-order valence-electron chi connectivity index (χ4n) is 2.74. The highest BCUT2D eigenvalue weighted by molar-refractivity contribution is 5.62. The number of phenols is 1. The molecule has 20 heavy (non-hydrogen) atoms. The first-order valence-corrected chi connectivity index (χ1v) is 6.88. The first-order chi connectivity index (χ1) is 9.61. The summed E-state index contributed by atoms with van der Waals surface area (Å²) in [5.41, 5.74) is 3.58.